The second kappa shape index (κ2) is 11.6. The second-order valence-corrected chi connectivity index (χ2v) is 6.32. The van der Waals surface area contributed by atoms with Gasteiger partial charge in [-0.3, -0.25) is 10.1 Å². The van der Waals surface area contributed by atoms with Crippen molar-refractivity contribution in [1.29, 1.82) is 0 Å². The molecule has 0 aliphatic rings. The number of anilines is 1. The lowest BCUT2D eigenvalue weighted by Gasteiger charge is -2.00. The Morgan fingerprint density at radius 1 is 1.19 bits per heavy atom. The molecule has 1 N–H and O–H groups in total. The number of hydrogen-bond donors (Lipinski definition) is 1. The van der Waals surface area contributed by atoms with Crippen LogP contribution in [0.25, 0.3) is 11.0 Å². The van der Waals surface area contributed by atoms with Gasteiger partial charge in [-0.15, -0.1) is 0 Å². The van der Waals surface area contributed by atoms with Crippen LogP contribution in [0.4, 0.5) is 5.82 Å². The number of fused-ring (bicyclic) bond motifs is 1. The quantitative estimate of drug-likeness (QED) is 0.360. The number of oxime groups is 1. The molecular formula is C23H21N5O4. The number of carbonyl (C=O) groups excluding carboxylic acids is 1. The molecule has 0 saturated carbocycles. The van der Waals surface area contributed by atoms with E-state index in [9.17, 15) is 4.79 Å². The van der Waals surface area contributed by atoms with Crippen LogP contribution in [0.3, 0.4) is 0 Å². The van der Waals surface area contributed by atoms with E-state index < -0.39 is 0 Å². The average molecular weight is 431 g/mol. The molecule has 162 valence electrons. The van der Waals surface area contributed by atoms with Gasteiger partial charge in [0.05, 0.1) is 5.87 Å². The summed E-state index contributed by atoms with van der Waals surface area (Å²) in [6.07, 6.45) is 0.622. The van der Waals surface area contributed by atoms with E-state index in [0.717, 1.165) is 22.1 Å². The average Bonchev–Trinajstić information content (AvgIpc) is 3.35. The smallest absolute Gasteiger partial charge is 0.292 e. The minimum Gasteiger partial charge on any atom is -0.451 e. The maximum Gasteiger partial charge on any atom is 0.292 e. The molecule has 0 atom stereocenters. The van der Waals surface area contributed by atoms with Crippen molar-refractivity contribution in [1.82, 2.24) is 10.3 Å². The lowest BCUT2D eigenvalue weighted by molar-refractivity contribution is 0.0997. The van der Waals surface area contributed by atoms with Gasteiger partial charge >= 0.3 is 0 Å². The standard InChI is InChI=1S/C16H17N3O3.C7H4N2O/c1-5-12-15(19-22-18-12)17-16(20)14-10(4)11-6-8(2)9(3)7-13(11)21-14;1-3-4-5-6-7-9-10-8-2/h6-7H,5H2,1-4H3,(H,17,19,20);1-2H2. The van der Waals surface area contributed by atoms with Gasteiger partial charge in [0.15, 0.2) is 5.76 Å². The Morgan fingerprint density at radius 3 is 2.62 bits per heavy atom. The van der Waals surface area contributed by atoms with Gasteiger partial charge in [-0.1, -0.05) is 23.0 Å². The predicted octanol–water partition coefficient (Wildman–Crippen LogP) is 4.57. The van der Waals surface area contributed by atoms with Gasteiger partial charge in [-0.2, -0.15) is 0 Å². The molecule has 0 radical (unpaired) electrons. The highest BCUT2D eigenvalue weighted by Crippen LogP contribution is 2.28. The first-order valence-corrected chi connectivity index (χ1v) is 9.40. The van der Waals surface area contributed by atoms with E-state index in [-0.39, 0.29) is 11.7 Å². The van der Waals surface area contributed by atoms with Gasteiger partial charge < -0.3 is 4.42 Å². The van der Waals surface area contributed by atoms with Gasteiger partial charge in [0, 0.05) is 34.3 Å². The number of carbonyl (C=O) groups is 1. The molecule has 0 unspecified atom stereocenters. The summed E-state index contributed by atoms with van der Waals surface area (Å²) in [6, 6.07) is 3.99. The third kappa shape index (κ3) is 5.96. The highest BCUT2D eigenvalue weighted by molar-refractivity contribution is 6.06. The Bertz CT molecular complexity index is 1330. The van der Waals surface area contributed by atoms with Crippen LogP contribution in [0, 0.1) is 20.8 Å². The van der Waals surface area contributed by atoms with Gasteiger partial charge in [0.1, 0.15) is 11.3 Å². The van der Waals surface area contributed by atoms with E-state index >= 15 is 0 Å². The first kappa shape index (κ1) is 23.7. The minimum absolute atomic E-state index is 0.282. The van der Waals surface area contributed by atoms with Crippen LogP contribution in [0.1, 0.15) is 39.9 Å². The normalized spacial score (nSPS) is 9.12. The number of aryl methyl sites for hydroxylation is 4. The van der Waals surface area contributed by atoms with Gasteiger partial charge in [-0.25, -0.2) is 9.57 Å². The summed E-state index contributed by atoms with van der Waals surface area (Å²) in [7, 11) is 0. The fourth-order valence-electron chi connectivity index (χ4n) is 2.57. The zero-order valence-electron chi connectivity index (χ0n) is 18.2. The second-order valence-electron chi connectivity index (χ2n) is 6.32. The minimum atomic E-state index is -0.352. The number of furan rings is 1. The molecule has 0 aliphatic carbocycles. The highest BCUT2D eigenvalue weighted by atomic mass is 16.8. The van der Waals surface area contributed by atoms with Crippen LogP contribution in [0.5, 0.6) is 0 Å². The van der Waals surface area contributed by atoms with Crippen LogP contribution >= 0.6 is 0 Å². The van der Waals surface area contributed by atoms with Gasteiger partial charge in [-0.05, 0) is 67.9 Å². The fourth-order valence-corrected chi connectivity index (χ4v) is 2.57. The molecule has 1 amide bonds. The van der Waals surface area contributed by atoms with Gasteiger partial charge in [0.2, 0.25) is 5.82 Å². The molecule has 0 spiro atoms. The van der Waals surface area contributed by atoms with Crippen LogP contribution in [-0.2, 0) is 11.4 Å². The van der Waals surface area contributed by atoms with Crippen molar-refractivity contribution < 1.29 is 18.8 Å². The maximum absolute atomic E-state index is 12.4. The molecule has 9 heteroatoms. The lowest BCUT2D eigenvalue weighted by Crippen LogP contribution is -2.13. The lowest BCUT2D eigenvalue weighted by atomic mass is 10.1. The number of amides is 1. The number of rotatable bonds is 5. The summed E-state index contributed by atoms with van der Waals surface area (Å²) in [5.74, 6) is 2.46. The van der Waals surface area contributed by atoms with Crippen LogP contribution in [-0.4, -0.2) is 28.8 Å². The molecule has 3 aromatic rings. The molecule has 3 rings (SSSR count). The summed E-state index contributed by atoms with van der Waals surface area (Å²) >= 11 is 0. The van der Waals surface area contributed by atoms with Crippen molar-refractivity contribution >= 4 is 35.3 Å². The molecule has 0 aliphatic heterocycles. The largest absolute Gasteiger partial charge is 0.451 e. The van der Waals surface area contributed by atoms with Crippen LogP contribution in [0.2, 0.25) is 0 Å². The SMILES string of the molecule is C=C=C=C=C=C=NON=C.CCc1nonc1NC(=O)c1oc2cc(C)c(C)cc2c1C. The van der Waals surface area contributed by atoms with E-state index in [4.69, 9.17) is 4.42 Å². The molecule has 0 fully saturated rings. The van der Waals surface area contributed by atoms with Crippen LogP contribution < -0.4 is 5.32 Å². The number of aromatic nitrogens is 2. The van der Waals surface area contributed by atoms with E-state index in [1.54, 1.807) is 0 Å². The van der Waals surface area contributed by atoms with E-state index in [0.29, 0.717) is 23.5 Å². The Hall–Kier alpha value is -4.59. The zero-order chi connectivity index (χ0) is 23.5. The van der Waals surface area contributed by atoms with E-state index in [1.807, 2.05) is 39.8 Å². The van der Waals surface area contributed by atoms with Crippen molar-refractivity contribution in [3.8, 4) is 0 Å². The molecule has 9 nitrogen and oxygen atoms in total. The molecule has 0 saturated heterocycles. The fraction of sp³-hybridized carbons (Fsp3) is 0.217. The summed E-state index contributed by atoms with van der Waals surface area (Å²) in [4.78, 5) is 16.5. The zero-order valence-corrected chi connectivity index (χ0v) is 18.2. The Morgan fingerprint density at radius 2 is 1.94 bits per heavy atom. The Balaban J connectivity index is 0.000000309. The van der Waals surface area contributed by atoms with Crippen molar-refractivity contribution in [2.75, 3.05) is 5.32 Å². The molecule has 0 bridgehead atoms. The van der Waals surface area contributed by atoms with E-state index in [2.05, 4.69) is 77.6 Å². The number of nitrogens with zero attached hydrogens (tertiary/aromatic N) is 4. The molecule has 1 aromatic carbocycles. The van der Waals surface area contributed by atoms with E-state index in [1.165, 1.54) is 0 Å². The maximum atomic E-state index is 12.4. The van der Waals surface area contributed by atoms with Gasteiger partial charge in [0.25, 0.3) is 5.91 Å². The van der Waals surface area contributed by atoms with Crippen molar-refractivity contribution in [2.24, 2.45) is 10.3 Å². The number of hydrogen-bond acceptors (Lipinski definition) is 8. The molecular weight excluding hydrogens is 410 g/mol. The molecule has 32 heavy (non-hydrogen) atoms. The van der Waals surface area contributed by atoms with Crippen molar-refractivity contribution in [3.63, 3.8) is 0 Å². The summed E-state index contributed by atoms with van der Waals surface area (Å²) in [5.41, 5.74) is 13.8. The Kier molecular flexibility index (Phi) is 8.56. The Labute approximate surface area is 184 Å². The monoisotopic (exact) mass is 431 g/mol. The summed E-state index contributed by atoms with van der Waals surface area (Å²) in [5, 5.41) is 17.2. The first-order chi connectivity index (χ1) is 15.4. The third-order valence-electron chi connectivity index (χ3n) is 4.30. The highest BCUT2D eigenvalue weighted by Gasteiger charge is 2.20. The number of nitrogens with one attached hydrogen (secondary N) is 1. The van der Waals surface area contributed by atoms with Crippen molar-refractivity contribution in [3.05, 3.63) is 69.8 Å². The van der Waals surface area contributed by atoms with Crippen molar-refractivity contribution in [2.45, 2.75) is 34.1 Å². The topological polar surface area (TPSA) is 115 Å². The predicted molar refractivity (Wildman–Crippen MR) is 120 cm³/mol. The molecule has 2 aromatic heterocycles. The molecule has 2 heterocycles. The third-order valence-corrected chi connectivity index (χ3v) is 4.30. The first-order valence-electron chi connectivity index (χ1n) is 9.40. The number of benzene rings is 1. The van der Waals surface area contributed by atoms with Crippen LogP contribution in [0.15, 0.2) is 61.0 Å². The summed E-state index contributed by atoms with van der Waals surface area (Å²) in [6.45, 7) is 14.1. The summed E-state index contributed by atoms with van der Waals surface area (Å²) < 4.78 is 10.4.